The summed E-state index contributed by atoms with van der Waals surface area (Å²) in [5.41, 5.74) is 3.02. The van der Waals surface area contributed by atoms with E-state index in [-0.39, 0.29) is 12.4 Å². The van der Waals surface area contributed by atoms with Crippen molar-refractivity contribution in [1.82, 2.24) is 4.98 Å². The van der Waals surface area contributed by atoms with E-state index in [2.05, 4.69) is 4.98 Å². The first-order valence-corrected chi connectivity index (χ1v) is 7.91. The van der Waals surface area contributed by atoms with Crippen molar-refractivity contribution in [1.29, 1.82) is 0 Å². The Morgan fingerprint density at radius 1 is 1.17 bits per heavy atom. The molecule has 2 rings (SSSR count). The molecule has 4 heteroatoms. The molecule has 0 amide bonds. The number of ether oxygens (including phenoxy) is 2. The predicted molar refractivity (Wildman–Crippen MR) is 89.6 cm³/mol. The number of pyridine rings is 1. The molecule has 1 aromatic carbocycles. The first kappa shape index (κ1) is 17.2. The average Bonchev–Trinajstić information content (AvgIpc) is 2.59. The van der Waals surface area contributed by atoms with Crippen LogP contribution in [0.4, 0.5) is 0 Å². The van der Waals surface area contributed by atoms with Crippen LogP contribution in [-0.2, 0) is 22.6 Å². The number of aryl methyl sites for hydroxylation is 1. The molecule has 1 aromatic heterocycles. The van der Waals surface area contributed by atoms with Crippen LogP contribution in [0.2, 0.25) is 0 Å². The average molecular weight is 313 g/mol. The molecule has 0 aliphatic carbocycles. The molecule has 0 atom stereocenters. The van der Waals surface area contributed by atoms with Crippen LogP contribution >= 0.6 is 0 Å². The van der Waals surface area contributed by atoms with Crippen molar-refractivity contribution in [2.45, 2.75) is 33.3 Å². The molecule has 0 radical (unpaired) electrons. The van der Waals surface area contributed by atoms with Gasteiger partial charge in [0.25, 0.3) is 0 Å². The first-order valence-electron chi connectivity index (χ1n) is 7.91. The van der Waals surface area contributed by atoms with Crippen LogP contribution in [0.3, 0.4) is 0 Å². The fourth-order valence-electron chi connectivity index (χ4n) is 2.25. The van der Waals surface area contributed by atoms with E-state index in [9.17, 15) is 4.79 Å². The third kappa shape index (κ3) is 5.49. The number of hydrogen-bond acceptors (Lipinski definition) is 4. The maximum Gasteiger partial charge on any atom is 0.158 e. The number of benzene rings is 1. The number of rotatable bonds is 9. The molecule has 122 valence electrons. The van der Waals surface area contributed by atoms with Crippen LogP contribution in [0.15, 0.2) is 42.6 Å². The van der Waals surface area contributed by atoms with Crippen LogP contribution in [0.5, 0.6) is 5.75 Å². The van der Waals surface area contributed by atoms with Crippen LogP contribution < -0.4 is 4.74 Å². The molecular weight excluding hydrogens is 290 g/mol. The van der Waals surface area contributed by atoms with E-state index in [4.69, 9.17) is 9.47 Å². The molecule has 0 N–H and O–H groups in total. The van der Waals surface area contributed by atoms with E-state index in [1.54, 1.807) is 6.20 Å². The molecule has 1 heterocycles. The Morgan fingerprint density at radius 3 is 2.70 bits per heavy atom. The second kappa shape index (κ2) is 9.06. The molecule has 4 nitrogen and oxygen atoms in total. The lowest BCUT2D eigenvalue weighted by Crippen LogP contribution is -2.10. The Bertz CT molecular complexity index is 626. The Labute approximate surface area is 137 Å². The van der Waals surface area contributed by atoms with Gasteiger partial charge < -0.3 is 9.47 Å². The number of ketones is 1. The zero-order valence-corrected chi connectivity index (χ0v) is 13.7. The van der Waals surface area contributed by atoms with Crippen molar-refractivity contribution >= 4 is 5.78 Å². The van der Waals surface area contributed by atoms with Gasteiger partial charge in [-0.25, -0.2) is 0 Å². The maximum atomic E-state index is 11.7. The maximum absolute atomic E-state index is 11.7. The zero-order valence-electron chi connectivity index (χ0n) is 13.7. The molecule has 0 aliphatic heterocycles. The second-order valence-electron chi connectivity index (χ2n) is 5.33. The van der Waals surface area contributed by atoms with Crippen molar-refractivity contribution in [2.75, 3.05) is 13.2 Å². The minimum absolute atomic E-state index is 0.101. The van der Waals surface area contributed by atoms with Gasteiger partial charge in [-0.1, -0.05) is 30.3 Å². The van der Waals surface area contributed by atoms with Gasteiger partial charge in [0.1, 0.15) is 19.0 Å². The SMILES string of the molecule is CCOCC(=O)CCc1nccc(OCc2ccccc2)c1C. The molecule has 0 saturated carbocycles. The Balaban J connectivity index is 1.93. The van der Waals surface area contributed by atoms with Gasteiger partial charge in [0.05, 0.1) is 0 Å². The molecule has 0 saturated heterocycles. The van der Waals surface area contributed by atoms with E-state index in [1.165, 1.54) is 0 Å². The summed E-state index contributed by atoms with van der Waals surface area (Å²) in [5, 5.41) is 0. The van der Waals surface area contributed by atoms with E-state index in [0.717, 1.165) is 22.6 Å². The fraction of sp³-hybridized carbons (Fsp3) is 0.368. The molecule has 0 fully saturated rings. The van der Waals surface area contributed by atoms with Crippen LogP contribution in [-0.4, -0.2) is 24.0 Å². The van der Waals surface area contributed by atoms with Gasteiger partial charge in [-0.05, 0) is 31.9 Å². The molecule has 23 heavy (non-hydrogen) atoms. The fourth-order valence-corrected chi connectivity index (χ4v) is 2.25. The number of Topliss-reactive ketones (excluding diaryl/α,β-unsaturated/α-hetero) is 1. The van der Waals surface area contributed by atoms with Gasteiger partial charge in [-0.2, -0.15) is 0 Å². The highest BCUT2D eigenvalue weighted by atomic mass is 16.5. The van der Waals surface area contributed by atoms with Crippen molar-refractivity contribution in [3.63, 3.8) is 0 Å². The molecule has 0 bridgehead atoms. The topological polar surface area (TPSA) is 48.4 Å². The normalized spacial score (nSPS) is 10.5. The molecule has 0 unspecified atom stereocenters. The highest BCUT2D eigenvalue weighted by Crippen LogP contribution is 2.21. The lowest BCUT2D eigenvalue weighted by Gasteiger charge is -2.12. The lowest BCUT2D eigenvalue weighted by atomic mass is 10.1. The molecule has 0 aliphatic rings. The van der Waals surface area contributed by atoms with E-state index < -0.39 is 0 Å². The molecule has 0 spiro atoms. The summed E-state index contributed by atoms with van der Waals surface area (Å²) in [6, 6.07) is 11.9. The predicted octanol–water partition coefficient (Wildman–Crippen LogP) is 3.51. The largest absolute Gasteiger partial charge is 0.489 e. The van der Waals surface area contributed by atoms with Crippen LogP contribution in [0, 0.1) is 6.92 Å². The summed E-state index contributed by atoms with van der Waals surface area (Å²) in [4.78, 5) is 16.1. The highest BCUT2D eigenvalue weighted by Gasteiger charge is 2.09. The number of carbonyl (C=O) groups is 1. The van der Waals surface area contributed by atoms with Gasteiger partial charge in [-0.3, -0.25) is 9.78 Å². The van der Waals surface area contributed by atoms with Crippen molar-refractivity contribution in [2.24, 2.45) is 0 Å². The summed E-state index contributed by atoms with van der Waals surface area (Å²) < 4.78 is 11.0. The zero-order chi connectivity index (χ0) is 16.5. The van der Waals surface area contributed by atoms with Gasteiger partial charge in [0.15, 0.2) is 5.78 Å². The van der Waals surface area contributed by atoms with Crippen LogP contribution in [0.1, 0.15) is 30.2 Å². The van der Waals surface area contributed by atoms with Crippen molar-refractivity contribution in [3.8, 4) is 5.75 Å². The van der Waals surface area contributed by atoms with Gasteiger partial charge in [0, 0.05) is 30.5 Å². The minimum atomic E-state index is 0.101. The van der Waals surface area contributed by atoms with E-state index >= 15 is 0 Å². The van der Waals surface area contributed by atoms with Crippen LogP contribution in [0.25, 0.3) is 0 Å². The number of carbonyl (C=O) groups excluding carboxylic acids is 1. The number of nitrogens with zero attached hydrogens (tertiary/aromatic N) is 1. The number of aromatic nitrogens is 1. The van der Waals surface area contributed by atoms with Crippen molar-refractivity contribution < 1.29 is 14.3 Å². The van der Waals surface area contributed by atoms with Crippen molar-refractivity contribution in [3.05, 3.63) is 59.4 Å². The number of hydrogen-bond donors (Lipinski definition) is 0. The third-order valence-electron chi connectivity index (χ3n) is 3.60. The summed E-state index contributed by atoms with van der Waals surface area (Å²) in [7, 11) is 0. The Hall–Kier alpha value is -2.20. The van der Waals surface area contributed by atoms with Gasteiger partial charge in [0.2, 0.25) is 0 Å². The first-order chi connectivity index (χ1) is 11.2. The second-order valence-corrected chi connectivity index (χ2v) is 5.33. The molecular formula is C19H23NO3. The van der Waals surface area contributed by atoms with Gasteiger partial charge >= 0.3 is 0 Å². The summed E-state index contributed by atoms with van der Waals surface area (Å²) in [5.74, 6) is 0.916. The summed E-state index contributed by atoms with van der Waals surface area (Å²) >= 11 is 0. The third-order valence-corrected chi connectivity index (χ3v) is 3.60. The highest BCUT2D eigenvalue weighted by molar-refractivity contribution is 5.79. The summed E-state index contributed by atoms with van der Waals surface area (Å²) in [6.07, 6.45) is 2.78. The quantitative estimate of drug-likeness (QED) is 0.711. The monoisotopic (exact) mass is 313 g/mol. The minimum Gasteiger partial charge on any atom is -0.489 e. The smallest absolute Gasteiger partial charge is 0.158 e. The standard InChI is InChI=1S/C19H23NO3/c1-3-22-14-17(21)9-10-18-15(2)19(11-12-20-18)23-13-16-7-5-4-6-8-16/h4-8,11-12H,3,9-10,13-14H2,1-2H3. The van der Waals surface area contributed by atoms with Gasteiger partial charge in [-0.15, -0.1) is 0 Å². The lowest BCUT2D eigenvalue weighted by molar-refractivity contribution is -0.123. The van der Waals surface area contributed by atoms with E-state index in [1.807, 2.05) is 50.2 Å². The Morgan fingerprint density at radius 2 is 1.96 bits per heavy atom. The Kier molecular flexibility index (Phi) is 6.76. The van der Waals surface area contributed by atoms with E-state index in [0.29, 0.717) is 26.1 Å². The molecule has 2 aromatic rings. The summed E-state index contributed by atoms with van der Waals surface area (Å²) in [6.45, 7) is 5.13.